The van der Waals surface area contributed by atoms with Crippen molar-refractivity contribution in [3.63, 3.8) is 0 Å². The van der Waals surface area contributed by atoms with E-state index >= 15 is 0 Å². The number of hydrogen-bond acceptors (Lipinski definition) is 5. The summed E-state index contributed by atoms with van der Waals surface area (Å²) >= 11 is 1.56. The Hall–Kier alpha value is -2.14. The average molecular weight is 257 g/mol. The Morgan fingerprint density at radius 2 is 2.11 bits per heavy atom. The highest BCUT2D eigenvalue weighted by molar-refractivity contribution is 7.16. The van der Waals surface area contributed by atoms with E-state index in [1.165, 1.54) is 6.33 Å². The molecule has 5 heteroatoms. The van der Waals surface area contributed by atoms with Gasteiger partial charge >= 0.3 is 0 Å². The summed E-state index contributed by atoms with van der Waals surface area (Å²) < 4.78 is 5.84. The Bertz CT molecular complexity index is 708. The molecule has 1 aromatic carbocycles. The molecule has 0 radical (unpaired) electrons. The van der Waals surface area contributed by atoms with Gasteiger partial charge in [-0.15, -0.1) is 11.3 Å². The number of aromatic nitrogens is 2. The van der Waals surface area contributed by atoms with E-state index in [-0.39, 0.29) is 0 Å². The van der Waals surface area contributed by atoms with Crippen LogP contribution >= 0.6 is 11.3 Å². The summed E-state index contributed by atoms with van der Waals surface area (Å²) in [7, 11) is 0. The predicted octanol–water partition coefficient (Wildman–Crippen LogP) is 3.37. The zero-order valence-electron chi connectivity index (χ0n) is 9.75. The summed E-state index contributed by atoms with van der Waals surface area (Å²) in [5.74, 6) is 1.29. The highest BCUT2D eigenvalue weighted by atomic mass is 32.1. The summed E-state index contributed by atoms with van der Waals surface area (Å²) in [6.07, 6.45) is 1.51. The van der Waals surface area contributed by atoms with Gasteiger partial charge in [-0.1, -0.05) is 6.07 Å². The van der Waals surface area contributed by atoms with Crippen LogP contribution in [0, 0.1) is 6.92 Å². The molecule has 90 valence electrons. The van der Waals surface area contributed by atoms with Crippen LogP contribution in [0.2, 0.25) is 0 Å². The second-order valence-corrected chi connectivity index (χ2v) is 4.84. The SMILES string of the molecule is Cc1ccc(N)cc1Oc1ncnc2sccc12. The monoisotopic (exact) mass is 257 g/mol. The van der Waals surface area contributed by atoms with E-state index in [0.29, 0.717) is 11.6 Å². The quantitative estimate of drug-likeness (QED) is 0.715. The lowest BCUT2D eigenvalue weighted by atomic mass is 10.2. The van der Waals surface area contributed by atoms with Crippen LogP contribution in [0.1, 0.15) is 5.56 Å². The highest BCUT2D eigenvalue weighted by Gasteiger charge is 2.08. The topological polar surface area (TPSA) is 61.0 Å². The lowest BCUT2D eigenvalue weighted by molar-refractivity contribution is 0.465. The number of ether oxygens (including phenoxy) is 1. The molecular weight excluding hydrogens is 246 g/mol. The van der Waals surface area contributed by atoms with E-state index in [4.69, 9.17) is 10.5 Å². The molecule has 0 spiro atoms. The largest absolute Gasteiger partial charge is 0.438 e. The number of aryl methyl sites for hydroxylation is 1. The Kier molecular flexibility index (Phi) is 2.60. The first-order chi connectivity index (χ1) is 8.74. The molecule has 2 heterocycles. The first-order valence-corrected chi connectivity index (χ1v) is 6.34. The number of hydrogen-bond donors (Lipinski definition) is 1. The first kappa shape index (κ1) is 11.0. The van der Waals surface area contributed by atoms with Crippen molar-refractivity contribution in [2.45, 2.75) is 6.92 Å². The number of nitrogens with zero attached hydrogens (tertiary/aromatic N) is 2. The average Bonchev–Trinajstić information content (AvgIpc) is 2.83. The molecule has 0 unspecified atom stereocenters. The third-order valence-electron chi connectivity index (χ3n) is 2.64. The fourth-order valence-corrected chi connectivity index (χ4v) is 2.40. The maximum absolute atomic E-state index is 5.84. The number of fused-ring (bicyclic) bond motifs is 1. The fourth-order valence-electron chi connectivity index (χ4n) is 1.68. The van der Waals surface area contributed by atoms with Crippen LogP contribution in [0.15, 0.2) is 36.0 Å². The second kappa shape index (κ2) is 4.27. The summed E-state index contributed by atoms with van der Waals surface area (Å²) in [5, 5.41) is 2.89. The minimum absolute atomic E-state index is 0.565. The van der Waals surface area contributed by atoms with E-state index in [1.54, 1.807) is 17.4 Å². The third kappa shape index (κ3) is 1.89. The third-order valence-corrected chi connectivity index (χ3v) is 3.46. The fraction of sp³-hybridized carbons (Fsp3) is 0.0769. The van der Waals surface area contributed by atoms with E-state index in [1.807, 2.05) is 30.5 Å². The number of benzene rings is 1. The molecule has 2 N–H and O–H groups in total. The summed E-state index contributed by atoms with van der Waals surface area (Å²) in [6, 6.07) is 7.53. The van der Waals surface area contributed by atoms with Crippen molar-refractivity contribution in [1.82, 2.24) is 9.97 Å². The molecule has 0 saturated carbocycles. The van der Waals surface area contributed by atoms with Gasteiger partial charge in [-0.2, -0.15) is 0 Å². The van der Waals surface area contributed by atoms with Gasteiger partial charge in [0.15, 0.2) is 0 Å². The van der Waals surface area contributed by atoms with Crippen molar-refractivity contribution in [3.8, 4) is 11.6 Å². The molecular formula is C13H11N3OS. The summed E-state index contributed by atoms with van der Waals surface area (Å²) in [5.41, 5.74) is 7.46. The van der Waals surface area contributed by atoms with Crippen LogP contribution in [0.3, 0.4) is 0 Å². The normalized spacial score (nSPS) is 10.7. The van der Waals surface area contributed by atoms with Gasteiger partial charge in [0.2, 0.25) is 5.88 Å². The second-order valence-electron chi connectivity index (χ2n) is 3.95. The zero-order chi connectivity index (χ0) is 12.5. The summed E-state index contributed by atoms with van der Waals surface area (Å²) in [6.45, 7) is 1.97. The lowest BCUT2D eigenvalue weighted by Gasteiger charge is -2.08. The lowest BCUT2D eigenvalue weighted by Crippen LogP contribution is -1.93. The predicted molar refractivity (Wildman–Crippen MR) is 73.1 cm³/mol. The van der Waals surface area contributed by atoms with Crippen LogP contribution in [0.5, 0.6) is 11.6 Å². The molecule has 0 aliphatic rings. The zero-order valence-corrected chi connectivity index (χ0v) is 10.6. The number of nitrogens with two attached hydrogens (primary N) is 1. The maximum atomic E-state index is 5.84. The van der Waals surface area contributed by atoms with E-state index in [0.717, 1.165) is 21.5 Å². The molecule has 0 atom stereocenters. The number of nitrogen functional groups attached to an aromatic ring is 1. The molecule has 0 saturated heterocycles. The van der Waals surface area contributed by atoms with Gasteiger partial charge in [-0.05, 0) is 30.0 Å². The van der Waals surface area contributed by atoms with E-state index < -0.39 is 0 Å². The molecule has 18 heavy (non-hydrogen) atoms. The van der Waals surface area contributed by atoms with Crippen molar-refractivity contribution >= 4 is 27.2 Å². The maximum Gasteiger partial charge on any atom is 0.231 e. The molecule has 0 bridgehead atoms. The standard InChI is InChI=1S/C13H11N3OS/c1-8-2-3-9(14)6-11(8)17-12-10-4-5-18-13(10)16-7-15-12/h2-7H,14H2,1H3. The minimum atomic E-state index is 0.565. The Morgan fingerprint density at radius 1 is 1.22 bits per heavy atom. The number of rotatable bonds is 2. The van der Waals surface area contributed by atoms with Crippen LogP contribution < -0.4 is 10.5 Å². The van der Waals surface area contributed by atoms with Crippen molar-refractivity contribution in [2.24, 2.45) is 0 Å². The van der Waals surface area contributed by atoms with Gasteiger partial charge < -0.3 is 10.5 Å². The number of anilines is 1. The first-order valence-electron chi connectivity index (χ1n) is 5.46. The molecule has 0 fully saturated rings. The van der Waals surface area contributed by atoms with Crippen LogP contribution in [-0.4, -0.2) is 9.97 Å². The highest BCUT2D eigenvalue weighted by Crippen LogP contribution is 2.31. The molecule has 0 amide bonds. The van der Waals surface area contributed by atoms with E-state index in [2.05, 4.69) is 9.97 Å². The molecule has 0 aliphatic heterocycles. The minimum Gasteiger partial charge on any atom is -0.438 e. The van der Waals surface area contributed by atoms with Crippen molar-refractivity contribution in [1.29, 1.82) is 0 Å². The molecule has 4 nitrogen and oxygen atoms in total. The molecule has 0 aliphatic carbocycles. The molecule has 3 rings (SSSR count). The summed E-state index contributed by atoms with van der Waals surface area (Å²) in [4.78, 5) is 9.28. The van der Waals surface area contributed by atoms with Crippen molar-refractivity contribution < 1.29 is 4.74 Å². The van der Waals surface area contributed by atoms with Crippen LogP contribution in [-0.2, 0) is 0 Å². The van der Waals surface area contributed by atoms with Gasteiger partial charge in [-0.25, -0.2) is 9.97 Å². The Balaban J connectivity index is 2.06. The van der Waals surface area contributed by atoms with Crippen molar-refractivity contribution in [2.75, 3.05) is 5.73 Å². The van der Waals surface area contributed by atoms with Crippen LogP contribution in [0.25, 0.3) is 10.2 Å². The molecule has 3 aromatic rings. The van der Waals surface area contributed by atoms with Gasteiger partial charge in [0, 0.05) is 11.8 Å². The van der Waals surface area contributed by atoms with Gasteiger partial charge in [-0.3, -0.25) is 0 Å². The Morgan fingerprint density at radius 3 is 3.00 bits per heavy atom. The van der Waals surface area contributed by atoms with Crippen molar-refractivity contribution in [3.05, 3.63) is 41.5 Å². The van der Waals surface area contributed by atoms with Gasteiger partial charge in [0.1, 0.15) is 16.9 Å². The number of thiophene rings is 1. The van der Waals surface area contributed by atoms with Gasteiger partial charge in [0.25, 0.3) is 0 Å². The van der Waals surface area contributed by atoms with Gasteiger partial charge in [0.05, 0.1) is 5.39 Å². The molecule has 2 aromatic heterocycles. The Labute approximate surface area is 108 Å². The van der Waals surface area contributed by atoms with E-state index in [9.17, 15) is 0 Å². The smallest absolute Gasteiger partial charge is 0.231 e. The van der Waals surface area contributed by atoms with Crippen LogP contribution in [0.4, 0.5) is 5.69 Å².